The fourth-order valence-electron chi connectivity index (χ4n) is 5.11. The maximum absolute atomic E-state index is 4.16. The van der Waals surface area contributed by atoms with Gasteiger partial charge in [-0.15, -0.1) is 0 Å². The average molecular weight is 515 g/mol. The highest BCUT2D eigenvalue weighted by atomic mass is 15.1. The normalized spacial score (nSPS) is 10.6. The van der Waals surface area contributed by atoms with Crippen molar-refractivity contribution in [2.45, 2.75) is 0 Å². The lowest BCUT2D eigenvalue weighted by molar-refractivity contribution is 1.28. The third-order valence-corrected chi connectivity index (χ3v) is 7.01. The molecule has 0 aliphatic heterocycles. The minimum atomic E-state index is 1.09. The smallest absolute Gasteiger partial charge is 0.0468 e. The van der Waals surface area contributed by atoms with Gasteiger partial charge in [0, 0.05) is 34.1 Å². The van der Waals surface area contributed by atoms with E-state index in [9.17, 15) is 0 Å². The maximum atomic E-state index is 4.16. The van der Waals surface area contributed by atoms with Crippen LogP contribution in [-0.2, 0) is 0 Å². The second-order valence-electron chi connectivity index (χ2n) is 9.54. The Morgan fingerprint density at radius 3 is 1.12 bits per heavy atom. The fourth-order valence-corrected chi connectivity index (χ4v) is 5.11. The summed E-state index contributed by atoms with van der Waals surface area (Å²) in [6.45, 7) is 4.16. The highest BCUT2D eigenvalue weighted by Gasteiger charge is 2.15. The van der Waals surface area contributed by atoms with Crippen molar-refractivity contribution in [3.63, 3.8) is 0 Å². The Balaban J connectivity index is 1.37. The largest absolute Gasteiger partial charge is 0.311 e. The molecule has 0 aliphatic carbocycles. The Kier molecular flexibility index (Phi) is 7.23. The predicted molar refractivity (Wildman–Crippen MR) is 171 cm³/mol. The minimum Gasteiger partial charge on any atom is -0.311 e. The minimum absolute atomic E-state index is 1.09. The summed E-state index contributed by atoms with van der Waals surface area (Å²) < 4.78 is 0. The summed E-state index contributed by atoms with van der Waals surface area (Å²) >= 11 is 0. The summed E-state index contributed by atoms with van der Waals surface area (Å²) in [6.07, 6.45) is 1.95. The van der Waals surface area contributed by atoms with E-state index in [1.807, 2.05) is 30.3 Å². The van der Waals surface area contributed by atoms with Gasteiger partial charge in [0.15, 0.2) is 0 Å². The second-order valence-corrected chi connectivity index (χ2v) is 9.54. The summed E-state index contributed by atoms with van der Waals surface area (Å²) in [5, 5.41) is 0. The predicted octanol–water partition coefficient (Wildman–Crippen LogP) is 10.9. The Labute approximate surface area is 236 Å². The monoisotopic (exact) mass is 514 g/mol. The number of anilines is 6. The molecule has 6 aromatic rings. The maximum Gasteiger partial charge on any atom is 0.0468 e. The Hall–Kier alpha value is -5.34. The zero-order valence-electron chi connectivity index (χ0n) is 22.3. The Bertz CT molecular complexity index is 1600. The van der Waals surface area contributed by atoms with Gasteiger partial charge in [-0.2, -0.15) is 0 Å². The van der Waals surface area contributed by atoms with Gasteiger partial charge in [-0.25, -0.2) is 0 Å². The van der Waals surface area contributed by atoms with Gasteiger partial charge in [-0.3, -0.25) is 0 Å². The van der Waals surface area contributed by atoms with Crippen molar-refractivity contribution in [2.24, 2.45) is 0 Å². The van der Waals surface area contributed by atoms with E-state index in [0.717, 1.165) is 50.8 Å². The molecule has 0 saturated carbocycles. The van der Waals surface area contributed by atoms with E-state index in [2.05, 4.69) is 156 Å². The molecule has 192 valence electrons. The molecule has 0 N–H and O–H groups in total. The van der Waals surface area contributed by atoms with E-state index >= 15 is 0 Å². The van der Waals surface area contributed by atoms with Gasteiger partial charge in [0.25, 0.3) is 0 Å². The third-order valence-electron chi connectivity index (χ3n) is 7.01. The standard InChI is InChI=1S/C38H30N2/c1-2-30-29-37(40(34-19-11-5-12-20-34)35-21-13-6-14-22-35)27-28-38(30)31-23-25-36(26-24-31)39(32-15-7-3-8-16-32)33-17-9-4-10-18-33/h2-29H,1H2. The van der Waals surface area contributed by atoms with Crippen LogP contribution in [0.25, 0.3) is 17.2 Å². The molecule has 0 spiro atoms. The Morgan fingerprint density at radius 1 is 0.375 bits per heavy atom. The van der Waals surface area contributed by atoms with Crippen LogP contribution in [0.15, 0.2) is 170 Å². The second kappa shape index (κ2) is 11.6. The lowest BCUT2D eigenvalue weighted by Crippen LogP contribution is -2.10. The molecular formula is C38H30N2. The van der Waals surface area contributed by atoms with E-state index in [1.54, 1.807) is 0 Å². The molecule has 0 atom stereocenters. The number of para-hydroxylation sites is 4. The van der Waals surface area contributed by atoms with Crippen LogP contribution in [0, 0.1) is 0 Å². The van der Waals surface area contributed by atoms with Crippen LogP contribution in [0.5, 0.6) is 0 Å². The molecule has 0 aromatic heterocycles. The first-order valence-corrected chi connectivity index (χ1v) is 13.5. The zero-order valence-corrected chi connectivity index (χ0v) is 22.3. The number of hydrogen-bond donors (Lipinski definition) is 0. The van der Waals surface area contributed by atoms with Crippen molar-refractivity contribution in [1.29, 1.82) is 0 Å². The number of hydrogen-bond acceptors (Lipinski definition) is 2. The van der Waals surface area contributed by atoms with Gasteiger partial charge >= 0.3 is 0 Å². The van der Waals surface area contributed by atoms with Crippen LogP contribution in [0.1, 0.15) is 5.56 Å². The van der Waals surface area contributed by atoms with E-state index in [-0.39, 0.29) is 0 Å². The van der Waals surface area contributed by atoms with Crippen molar-refractivity contribution in [2.75, 3.05) is 9.80 Å². The molecule has 2 heteroatoms. The van der Waals surface area contributed by atoms with Crippen molar-refractivity contribution >= 4 is 40.2 Å². The summed E-state index contributed by atoms with van der Waals surface area (Å²) in [6, 6.07) is 57.3. The molecule has 6 rings (SSSR count). The van der Waals surface area contributed by atoms with E-state index < -0.39 is 0 Å². The lowest BCUT2D eigenvalue weighted by atomic mass is 9.98. The molecule has 0 aliphatic rings. The molecule has 40 heavy (non-hydrogen) atoms. The highest BCUT2D eigenvalue weighted by Crippen LogP contribution is 2.39. The van der Waals surface area contributed by atoms with Gasteiger partial charge in [0.05, 0.1) is 0 Å². The molecule has 0 unspecified atom stereocenters. The average Bonchev–Trinajstić information content (AvgIpc) is 3.04. The van der Waals surface area contributed by atoms with Crippen molar-refractivity contribution in [3.05, 3.63) is 176 Å². The van der Waals surface area contributed by atoms with E-state index in [1.165, 1.54) is 0 Å². The summed E-state index contributed by atoms with van der Waals surface area (Å²) in [7, 11) is 0. The number of nitrogens with zero attached hydrogens (tertiary/aromatic N) is 2. The topological polar surface area (TPSA) is 6.48 Å². The number of rotatable bonds is 8. The van der Waals surface area contributed by atoms with Crippen LogP contribution >= 0.6 is 0 Å². The van der Waals surface area contributed by atoms with Crippen LogP contribution in [0.2, 0.25) is 0 Å². The molecule has 2 nitrogen and oxygen atoms in total. The molecular weight excluding hydrogens is 484 g/mol. The molecule has 0 heterocycles. The summed E-state index contributed by atoms with van der Waals surface area (Å²) in [4.78, 5) is 4.55. The molecule has 0 amide bonds. The zero-order chi connectivity index (χ0) is 27.1. The Morgan fingerprint density at radius 2 is 0.725 bits per heavy atom. The van der Waals surface area contributed by atoms with Crippen LogP contribution in [0.3, 0.4) is 0 Å². The fraction of sp³-hybridized carbons (Fsp3) is 0. The molecule has 0 fully saturated rings. The molecule has 0 saturated heterocycles. The van der Waals surface area contributed by atoms with Gasteiger partial charge < -0.3 is 9.80 Å². The SMILES string of the molecule is C=Cc1cc(N(c2ccccc2)c2ccccc2)ccc1-c1ccc(N(c2ccccc2)c2ccccc2)cc1. The van der Waals surface area contributed by atoms with Gasteiger partial charge in [0.2, 0.25) is 0 Å². The highest BCUT2D eigenvalue weighted by molar-refractivity contribution is 5.84. The van der Waals surface area contributed by atoms with Crippen LogP contribution < -0.4 is 9.80 Å². The van der Waals surface area contributed by atoms with Crippen molar-refractivity contribution < 1.29 is 0 Å². The van der Waals surface area contributed by atoms with Gasteiger partial charge in [0.1, 0.15) is 0 Å². The molecule has 6 aromatic carbocycles. The first-order valence-electron chi connectivity index (χ1n) is 13.5. The van der Waals surface area contributed by atoms with E-state index in [0.29, 0.717) is 0 Å². The van der Waals surface area contributed by atoms with Crippen molar-refractivity contribution in [1.82, 2.24) is 0 Å². The van der Waals surface area contributed by atoms with E-state index in [4.69, 9.17) is 0 Å². The van der Waals surface area contributed by atoms with Crippen LogP contribution in [0.4, 0.5) is 34.1 Å². The molecule has 0 bridgehead atoms. The first-order chi connectivity index (χ1) is 19.8. The number of benzene rings is 6. The molecule has 0 radical (unpaired) electrons. The first kappa shape index (κ1) is 25.0. The van der Waals surface area contributed by atoms with Gasteiger partial charge in [-0.1, -0.05) is 104 Å². The van der Waals surface area contributed by atoms with Gasteiger partial charge in [-0.05, 0) is 89.5 Å². The quantitative estimate of drug-likeness (QED) is 0.199. The summed E-state index contributed by atoms with van der Waals surface area (Å²) in [5.41, 5.74) is 10.1. The summed E-state index contributed by atoms with van der Waals surface area (Å²) in [5.74, 6) is 0. The van der Waals surface area contributed by atoms with Crippen LogP contribution in [-0.4, -0.2) is 0 Å². The third kappa shape index (κ3) is 5.16. The lowest BCUT2D eigenvalue weighted by Gasteiger charge is -2.26. The van der Waals surface area contributed by atoms with Crippen molar-refractivity contribution in [3.8, 4) is 11.1 Å².